The molecule has 0 fully saturated rings. The highest BCUT2D eigenvalue weighted by molar-refractivity contribution is 6.26. The van der Waals surface area contributed by atoms with Gasteiger partial charge in [-0.15, -0.1) is 0 Å². The molecular formula is C49H27N3O2. The average Bonchev–Trinajstić information content (AvgIpc) is 3.98. The minimum Gasteiger partial charge on any atom is -0.456 e. The van der Waals surface area contributed by atoms with E-state index in [0.717, 1.165) is 99.2 Å². The fourth-order valence-corrected chi connectivity index (χ4v) is 8.93. The van der Waals surface area contributed by atoms with Crippen LogP contribution in [0.1, 0.15) is 5.56 Å². The van der Waals surface area contributed by atoms with Gasteiger partial charge < -0.3 is 18.0 Å². The highest BCUT2D eigenvalue weighted by Gasteiger charge is 2.23. The second-order valence-corrected chi connectivity index (χ2v) is 13.9. The van der Waals surface area contributed by atoms with E-state index in [1.807, 2.05) is 36.4 Å². The molecule has 0 saturated heterocycles. The molecule has 8 aromatic carbocycles. The lowest BCUT2D eigenvalue weighted by Gasteiger charge is -2.17. The van der Waals surface area contributed by atoms with Crippen LogP contribution in [-0.2, 0) is 0 Å². The Morgan fingerprint density at radius 3 is 1.52 bits per heavy atom. The van der Waals surface area contributed by atoms with Gasteiger partial charge in [-0.1, -0.05) is 97.1 Å². The van der Waals surface area contributed by atoms with Gasteiger partial charge in [0.05, 0.1) is 44.1 Å². The molecule has 4 heterocycles. The Kier molecular flexibility index (Phi) is 5.78. The van der Waals surface area contributed by atoms with E-state index in [4.69, 9.17) is 8.83 Å². The first-order chi connectivity index (χ1) is 26.8. The molecule has 250 valence electrons. The summed E-state index contributed by atoms with van der Waals surface area (Å²) in [5.41, 5.74) is 12.2. The van der Waals surface area contributed by atoms with Gasteiger partial charge >= 0.3 is 0 Å². The zero-order valence-corrected chi connectivity index (χ0v) is 28.7. The maximum absolute atomic E-state index is 10.7. The SMILES string of the molecule is N#Cc1cccc(-c2ccc(-n3c4ccccc4c4ccc5oc6ccccc6c5c43)cc2)c1-n1c2ccccc2c2ccc3oc4ccccc4c3c21. The van der Waals surface area contributed by atoms with Crippen LogP contribution < -0.4 is 0 Å². The number of benzene rings is 8. The van der Waals surface area contributed by atoms with Crippen LogP contribution in [0.15, 0.2) is 173 Å². The summed E-state index contributed by atoms with van der Waals surface area (Å²) < 4.78 is 17.4. The molecule has 12 aromatic rings. The van der Waals surface area contributed by atoms with Crippen molar-refractivity contribution in [3.05, 3.63) is 169 Å². The van der Waals surface area contributed by atoms with Crippen LogP contribution in [0, 0.1) is 11.3 Å². The van der Waals surface area contributed by atoms with Gasteiger partial charge in [-0.3, -0.25) is 0 Å². The van der Waals surface area contributed by atoms with E-state index in [2.05, 4.69) is 143 Å². The van der Waals surface area contributed by atoms with Crippen molar-refractivity contribution < 1.29 is 8.83 Å². The predicted molar refractivity (Wildman–Crippen MR) is 220 cm³/mol. The summed E-state index contributed by atoms with van der Waals surface area (Å²) in [6, 6.07) is 59.3. The summed E-state index contributed by atoms with van der Waals surface area (Å²) >= 11 is 0. The normalized spacial score (nSPS) is 12.1. The lowest BCUT2D eigenvalue weighted by molar-refractivity contribution is 0.669. The number of para-hydroxylation sites is 5. The minimum atomic E-state index is 0.598. The molecule has 0 radical (unpaired) electrons. The molecule has 0 aliphatic carbocycles. The monoisotopic (exact) mass is 689 g/mol. The summed E-state index contributed by atoms with van der Waals surface area (Å²) in [4.78, 5) is 0. The first kappa shape index (κ1) is 29.1. The average molecular weight is 690 g/mol. The maximum Gasteiger partial charge on any atom is 0.137 e. The van der Waals surface area contributed by atoms with Crippen molar-refractivity contribution >= 4 is 87.5 Å². The van der Waals surface area contributed by atoms with Crippen molar-refractivity contribution in [3.63, 3.8) is 0 Å². The van der Waals surface area contributed by atoms with Gasteiger partial charge in [0.15, 0.2) is 0 Å². The Balaban J connectivity index is 1.13. The molecule has 5 nitrogen and oxygen atoms in total. The molecule has 0 unspecified atom stereocenters. The van der Waals surface area contributed by atoms with E-state index in [1.165, 1.54) is 10.8 Å². The van der Waals surface area contributed by atoms with Gasteiger partial charge in [0.2, 0.25) is 0 Å². The number of aromatic nitrogens is 2. The van der Waals surface area contributed by atoms with Crippen molar-refractivity contribution in [2.75, 3.05) is 0 Å². The summed E-state index contributed by atoms with van der Waals surface area (Å²) in [6.07, 6.45) is 0. The molecule has 0 atom stereocenters. The summed E-state index contributed by atoms with van der Waals surface area (Å²) in [7, 11) is 0. The van der Waals surface area contributed by atoms with Crippen molar-refractivity contribution in [2.24, 2.45) is 0 Å². The molecular weight excluding hydrogens is 663 g/mol. The number of hydrogen-bond donors (Lipinski definition) is 0. The van der Waals surface area contributed by atoms with E-state index in [1.54, 1.807) is 0 Å². The maximum atomic E-state index is 10.7. The van der Waals surface area contributed by atoms with Crippen LogP contribution in [0.2, 0.25) is 0 Å². The van der Waals surface area contributed by atoms with Crippen LogP contribution in [0.3, 0.4) is 0 Å². The second-order valence-electron chi connectivity index (χ2n) is 13.9. The fraction of sp³-hybridized carbons (Fsp3) is 0. The molecule has 0 amide bonds. The van der Waals surface area contributed by atoms with Gasteiger partial charge in [-0.25, -0.2) is 0 Å². The number of rotatable bonds is 3. The fourth-order valence-electron chi connectivity index (χ4n) is 8.93. The molecule has 12 rings (SSSR count). The highest BCUT2D eigenvalue weighted by atomic mass is 16.3. The quantitative estimate of drug-likeness (QED) is 0.185. The van der Waals surface area contributed by atoms with Gasteiger partial charge in [0.25, 0.3) is 0 Å². The van der Waals surface area contributed by atoms with Crippen LogP contribution in [-0.4, -0.2) is 9.13 Å². The first-order valence-electron chi connectivity index (χ1n) is 18.1. The van der Waals surface area contributed by atoms with E-state index < -0.39 is 0 Å². The summed E-state index contributed by atoms with van der Waals surface area (Å²) in [6.45, 7) is 0. The molecule has 0 spiro atoms. The Labute approximate surface area is 307 Å². The van der Waals surface area contributed by atoms with Crippen molar-refractivity contribution in [1.82, 2.24) is 9.13 Å². The van der Waals surface area contributed by atoms with Crippen LogP contribution in [0.5, 0.6) is 0 Å². The zero-order valence-electron chi connectivity index (χ0n) is 28.7. The third-order valence-electron chi connectivity index (χ3n) is 11.2. The van der Waals surface area contributed by atoms with Crippen LogP contribution in [0.4, 0.5) is 0 Å². The Bertz CT molecular complexity index is 3570. The first-order valence-corrected chi connectivity index (χ1v) is 18.1. The molecule has 4 aromatic heterocycles. The number of fused-ring (bicyclic) bond motifs is 14. The lowest BCUT2D eigenvalue weighted by Crippen LogP contribution is -2.01. The van der Waals surface area contributed by atoms with E-state index in [9.17, 15) is 5.26 Å². The third-order valence-corrected chi connectivity index (χ3v) is 11.2. The smallest absolute Gasteiger partial charge is 0.137 e. The van der Waals surface area contributed by atoms with Crippen molar-refractivity contribution in [2.45, 2.75) is 0 Å². The molecule has 0 saturated carbocycles. The summed E-state index contributed by atoms with van der Waals surface area (Å²) in [5.74, 6) is 0. The minimum absolute atomic E-state index is 0.598. The lowest BCUT2D eigenvalue weighted by atomic mass is 9.99. The standard InChI is InChI=1S/C49H27N3O2/c50-28-30-10-9-15-32(47(30)52-40-17-6-2-12-34(40)36-25-27-44-46(49(36)52)38-14-4-8-19-42(38)54-44)29-20-22-31(23-21-29)51-39-16-5-1-11-33(39)35-24-26-43-45(48(35)51)37-13-3-7-18-41(37)53-43/h1-27H. The Hall–Kier alpha value is -7.55. The predicted octanol–water partition coefficient (Wildman–Crippen LogP) is 13.2. The third kappa shape index (κ3) is 3.81. The van der Waals surface area contributed by atoms with Crippen LogP contribution >= 0.6 is 0 Å². The Morgan fingerprint density at radius 1 is 0.407 bits per heavy atom. The van der Waals surface area contributed by atoms with Gasteiger partial charge in [0.1, 0.15) is 28.4 Å². The highest BCUT2D eigenvalue weighted by Crippen LogP contribution is 2.44. The van der Waals surface area contributed by atoms with E-state index in [0.29, 0.717) is 5.56 Å². The molecule has 5 heteroatoms. The number of nitrogens with zero attached hydrogens (tertiary/aromatic N) is 3. The second kappa shape index (κ2) is 10.7. The summed E-state index contributed by atoms with van der Waals surface area (Å²) in [5, 5.41) is 19.6. The molecule has 0 aliphatic heterocycles. The molecule has 0 aliphatic rings. The largest absolute Gasteiger partial charge is 0.456 e. The van der Waals surface area contributed by atoms with Crippen molar-refractivity contribution in [1.29, 1.82) is 5.26 Å². The number of nitriles is 1. The van der Waals surface area contributed by atoms with Gasteiger partial charge in [-0.2, -0.15) is 5.26 Å². The number of furan rings is 2. The number of hydrogen-bond acceptors (Lipinski definition) is 3. The topological polar surface area (TPSA) is 59.9 Å². The molecule has 0 N–H and O–H groups in total. The van der Waals surface area contributed by atoms with Crippen molar-refractivity contribution in [3.8, 4) is 28.6 Å². The van der Waals surface area contributed by atoms with E-state index >= 15 is 0 Å². The van der Waals surface area contributed by atoms with Gasteiger partial charge in [-0.05, 0) is 72.3 Å². The van der Waals surface area contributed by atoms with Crippen LogP contribution in [0.25, 0.3) is 110 Å². The zero-order chi connectivity index (χ0) is 35.5. The Morgan fingerprint density at radius 2 is 0.926 bits per heavy atom. The molecule has 54 heavy (non-hydrogen) atoms. The van der Waals surface area contributed by atoms with E-state index in [-0.39, 0.29) is 0 Å². The van der Waals surface area contributed by atoms with Gasteiger partial charge in [0, 0.05) is 43.6 Å². The molecule has 0 bridgehead atoms.